The van der Waals surface area contributed by atoms with Gasteiger partial charge in [0.2, 0.25) is 0 Å². The van der Waals surface area contributed by atoms with Gasteiger partial charge in [0.15, 0.2) is 0 Å². The van der Waals surface area contributed by atoms with Crippen LogP contribution in [0.3, 0.4) is 0 Å². The second-order valence-corrected chi connectivity index (χ2v) is 39.7. The number of benzene rings is 6. The summed E-state index contributed by atoms with van der Waals surface area (Å²) in [4.78, 5) is 0. The second kappa shape index (κ2) is 22.3. The summed E-state index contributed by atoms with van der Waals surface area (Å²) in [6.45, 7) is 92.4. The summed E-state index contributed by atoms with van der Waals surface area (Å²) in [6.07, 6.45) is 0. The summed E-state index contributed by atoms with van der Waals surface area (Å²) < 4.78 is 0. The van der Waals surface area contributed by atoms with Gasteiger partial charge < -0.3 is 0 Å². The molecule has 0 N–H and O–H groups in total. The van der Waals surface area contributed by atoms with Gasteiger partial charge in [0.05, 0.1) is 0 Å². The molecule has 0 atom stereocenters. The second-order valence-electron chi connectivity index (χ2n) is 39.7. The van der Waals surface area contributed by atoms with Crippen LogP contribution in [0.4, 0.5) is 0 Å². The van der Waals surface area contributed by atoms with Gasteiger partial charge >= 0.3 is 0 Å². The molecule has 6 aromatic carbocycles. The Balaban J connectivity index is 2.15. The maximum atomic E-state index is 4.22. The van der Waals surface area contributed by atoms with Crippen molar-refractivity contribution in [3.8, 4) is 44.5 Å². The monoisotopic (exact) mass is 1170 g/mol. The van der Waals surface area contributed by atoms with Gasteiger partial charge in [0.25, 0.3) is 0 Å². The van der Waals surface area contributed by atoms with E-state index in [1.807, 2.05) is 0 Å². The molecule has 0 saturated heterocycles. The van der Waals surface area contributed by atoms with Gasteiger partial charge in [-0.2, -0.15) is 0 Å². The third-order valence-electron chi connectivity index (χ3n) is 18.8. The predicted octanol–water partition coefficient (Wildman–Crippen LogP) is 25.9. The van der Waals surface area contributed by atoms with E-state index in [1.54, 1.807) is 0 Å². The minimum atomic E-state index is -0.636. The zero-order valence-corrected chi connectivity index (χ0v) is 63.4. The molecule has 0 heterocycles. The normalized spacial score (nSPS) is 14.3. The van der Waals surface area contributed by atoms with Gasteiger partial charge in [-0.05, 0) is 200 Å². The molecule has 6 aromatic rings. The Bertz CT molecular complexity index is 3160. The van der Waals surface area contributed by atoms with E-state index in [2.05, 4.69) is 348 Å². The molecule has 0 nitrogen and oxygen atoms in total. The van der Waals surface area contributed by atoms with Gasteiger partial charge in [-0.1, -0.05) is 336 Å². The Morgan fingerprint density at radius 2 is 0.345 bits per heavy atom. The molecule has 2 radical (unpaired) electrons. The van der Waals surface area contributed by atoms with E-state index < -0.39 is 5.41 Å². The standard InChI is InChI=1S/C87H126/c1-75(2,3)53-45-61(79(13,14)15)69(62(46-53)80(16,17)18)57-41-39-43-59(71(57)73-65(83(25,26)27)49-55(77(7,8)9)50-66(73)84(28,29)30)87(37,38)60-44-40-42-58(70-63(81(19,20)21)47-54(76(4,5)6)48-64(70)82(22,23)24)72(60)74-67(85(31,32)33)51-56(78(10,11)12)52-68(74)86(34,35)36/h39-40,43-52H,1-38H3. The summed E-state index contributed by atoms with van der Waals surface area (Å²) in [5.74, 6) is 0. The van der Waals surface area contributed by atoms with E-state index in [1.165, 1.54) is 122 Å². The minimum Gasteiger partial charge on any atom is -0.0569 e. The molecule has 0 aromatic heterocycles. The first-order valence-electron chi connectivity index (χ1n) is 33.4. The SMILES string of the molecule is CC(C)(C)c1cc(C(C)(C)C)c(-c2[c]ccc(C(C)(C)c3cc[c]c(-c4c(C(C)(C)C)cc(C(C)(C)C)cc4C(C)(C)C)c3-c3c(C(C)(C)C)cc(C(C)(C)C)cc3C(C)(C)C)c2-c2c(C(C)(C)C)cc(C(C)(C)C)cc2C(C)(C)C)c(C(C)(C)C)c1. The highest BCUT2D eigenvalue weighted by molar-refractivity contribution is 5.96. The first kappa shape index (κ1) is 71.4. The Morgan fingerprint density at radius 1 is 0.184 bits per heavy atom. The summed E-state index contributed by atoms with van der Waals surface area (Å²) >= 11 is 0. The third kappa shape index (κ3) is 14.6. The summed E-state index contributed by atoms with van der Waals surface area (Å²) in [5.41, 5.74) is 26.8. The van der Waals surface area contributed by atoms with Gasteiger partial charge in [0, 0.05) is 5.41 Å². The van der Waals surface area contributed by atoms with Crippen LogP contribution in [0.15, 0.2) is 72.8 Å². The van der Waals surface area contributed by atoms with E-state index in [9.17, 15) is 0 Å². The fourth-order valence-electron chi connectivity index (χ4n) is 13.2. The van der Waals surface area contributed by atoms with Crippen molar-refractivity contribution in [3.05, 3.63) is 163 Å². The smallest absolute Gasteiger partial charge is 0.0159 e. The van der Waals surface area contributed by atoms with Crippen molar-refractivity contribution >= 4 is 0 Å². The van der Waals surface area contributed by atoms with Crippen LogP contribution in [0.1, 0.15) is 341 Å². The van der Waals surface area contributed by atoms with E-state index in [0.717, 1.165) is 0 Å². The highest BCUT2D eigenvalue weighted by Gasteiger charge is 2.42. The van der Waals surface area contributed by atoms with Gasteiger partial charge in [0.1, 0.15) is 0 Å². The zero-order chi connectivity index (χ0) is 67.1. The van der Waals surface area contributed by atoms with Gasteiger partial charge in [-0.15, -0.1) is 0 Å². The first-order valence-corrected chi connectivity index (χ1v) is 33.4. The molecular weight excluding hydrogens is 1040 g/mol. The molecule has 0 spiro atoms. The lowest BCUT2D eigenvalue weighted by atomic mass is 9.63. The highest BCUT2D eigenvalue weighted by Crippen LogP contribution is 2.58. The van der Waals surface area contributed by atoms with Crippen LogP contribution in [-0.4, -0.2) is 0 Å². The quantitative estimate of drug-likeness (QED) is 0.156. The van der Waals surface area contributed by atoms with Crippen LogP contribution in [0.25, 0.3) is 44.5 Å². The largest absolute Gasteiger partial charge is 0.0569 e. The summed E-state index contributed by atoms with van der Waals surface area (Å²) in [5, 5.41) is 0. The molecule has 6 rings (SSSR count). The summed E-state index contributed by atoms with van der Waals surface area (Å²) in [7, 11) is 0. The van der Waals surface area contributed by atoms with E-state index >= 15 is 0 Å². The van der Waals surface area contributed by atoms with Gasteiger partial charge in [-0.3, -0.25) is 0 Å². The topological polar surface area (TPSA) is 0 Å². The molecule has 474 valence electrons. The Labute approximate surface area is 537 Å². The van der Waals surface area contributed by atoms with Crippen molar-refractivity contribution in [2.24, 2.45) is 0 Å². The molecule has 0 unspecified atom stereocenters. The third-order valence-corrected chi connectivity index (χ3v) is 18.8. The Kier molecular flexibility index (Phi) is 18.3. The van der Waals surface area contributed by atoms with Crippen LogP contribution >= 0.6 is 0 Å². The van der Waals surface area contributed by atoms with Crippen LogP contribution in [-0.2, 0) is 70.4 Å². The molecule has 0 aliphatic heterocycles. The Morgan fingerprint density at radius 3 is 0.494 bits per heavy atom. The molecule has 0 heteroatoms. The number of hydrogen-bond acceptors (Lipinski definition) is 0. The average Bonchev–Trinajstić information content (AvgIpc) is 0.755. The Hall–Kier alpha value is -4.68. The van der Waals surface area contributed by atoms with Gasteiger partial charge in [-0.25, -0.2) is 0 Å². The van der Waals surface area contributed by atoms with E-state index in [4.69, 9.17) is 0 Å². The first-order chi connectivity index (χ1) is 38.5. The van der Waals surface area contributed by atoms with Crippen molar-refractivity contribution in [2.45, 2.75) is 333 Å². The highest BCUT2D eigenvalue weighted by atomic mass is 14.5. The fourth-order valence-corrected chi connectivity index (χ4v) is 13.2. The van der Waals surface area contributed by atoms with Crippen LogP contribution in [0.2, 0.25) is 0 Å². The molecule has 87 heavy (non-hydrogen) atoms. The van der Waals surface area contributed by atoms with Crippen molar-refractivity contribution in [1.82, 2.24) is 0 Å². The molecular formula is C87H126. The number of hydrogen-bond donors (Lipinski definition) is 0. The molecule has 0 aliphatic rings. The number of rotatable bonds is 6. The van der Waals surface area contributed by atoms with Crippen LogP contribution in [0.5, 0.6) is 0 Å². The van der Waals surface area contributed by atoms with Crippen molar-refractivity contribution < 1.29 is 0 Å². The lowest BCUT2D eigenvalue weighted by Gasteiger charge is -2.41. The van der Waals surface area contributed by atoms with E-state index in [-0.39, 0.29) is 65.0 Å². The molecule has 0 saturated carbocycles. The lowest BCUT2D eigenvalue weighted by molar-refractivity contribution is 0.547. The van der Waals surface area contributed by atoms with Crippen LogP contribution in [0, 0.1) is 12.1 Å². The minimum absolute atomic E-state index is 0.0649. The average molecular weight is 1170 g/mol. The maximum absolute atomic E-state index is 4.22. The maximum Gasteiger partial charge on any atom is 0.0159 e. The van der Waals surface area contributed by atoms with E-state index in [0.29, 0.717) is 0 Å². The predicted molar refractivity (Wildman–Crippen MR) is 389 cm³/mol. The molecule has 0 bridgehead atoms. The van der Waals surface area contributed by atoms with Crippen molar-refractivity contribution in [2.75, 3.05) is 0 Å². The van der Waals surface area contributed by atoms with Crippen molar-refractivity contribution in [3.63, 3.8) is 0 Å². The van der Waals surface area contributed by atoms with Crippen molar-refractivity contribution in [1.29, 1.82) is 0 Å². The fraction of sp³-hybridized carbons (Fsp3) is 0.586. The molecule has 0 fully saturated rings. The van der Waals surface area contributed by atoms with Crippen LogP contribution < -0.4 is 0 Å². The lowest BCUT2D eigenvalue weighted by Crippen LogP contribution is -2.28. The molecule has 0 amide bonds. The zero-order valence-electron chi connectivity index (χ0n) is 63.4. The summed E-state index contributed by atoms with van der Waals surface area (Å²) in [6, 6.07) is 38.7. The molecule has 0 aliphatic carbocycles.